The van der Waals surface area contributed by atoms with Gasteiger partial charge in [0.15, 0.2) is 0 Å². The first-order valence-corrected chi connectivity index (χ1v) is 11.9. The van der Waals surface area contributed by atoms with E-state index in [9.17, 15) is 4.79 Å². The molecule has 1 aliphatic carbocycles. The van der Waals surface area contributed by atoms with Gasteiger partial charge in [-0.15, -0.1) is 0 Å². The molecule has 4 N–H and O–H groups in total. The lowest BCUT2D eigenvalue weighted by Gasteiger charge is -2.45. The maximum absolute atomic E-state index is 12.7. The number of anilines is 1. The lowest BCUT2D eigenvalue weighted by atomic mass is 9.87. The van der Waals surface area contributed by atoms with Gasteiger partial charge in [0, 0.05) is 27.5 Å². The second-order valence-electron chi connectivity index (χ2n) is 10.2. The number of carbonyl (C=O) groups excluding carboxylic acids is 1. The molecule has 2 aromatic carbocycles. The van der Waals surface area contributed by atoms with Crippen LogP contribution in [0.2, 0.25) is 0 Å². The molecule has 34 heavy (non-hydrogen) atoms. The fourth-order valence-corrected chi connectivity index (χ4v) is 5.35. The summed E-state index contributed by atoms with van der Waals surface area (Å²) in [6.07, 6.45) is 5.07. The van der Waals surface area contributed by atoms with E-state index in [1.165, 1.54) is 6.42 Å². The van der Waals surface area contributed by atoms with Crippen LogP contribution in [-0.4, -0.2) is 33.7 Å². The summed E-state index contributed by atoms with van der Waals surface area (Å²) >= 11 is 0. The molecule has 8 heteroatoms. The van der Waals surface area contributed by atoms with E-state index in [0.717, 1.165) is 53.2 Å². The molecule has 2 heterocycles. The lowest BCUT2D eigenvalue weighted by molar-refractivity contribution is -0.155. The van der Waals surface area contributed by atoms with E-state index in [-0.39, 0.29) is 18.5 Å². The summed E-state index contributed by atoms with van der Waals surface area (Å²) in [4.78, 5) is 23.8. The van der Waals surface area contributed by atoms with Crippen molar-refractivity contribution in [1.29, 1.82) is 0 Å². The Morgan fingerprint density at radius 1 is 1.03 bits per heavy atom. The SMILES string of the molecule is CC(C)(C)OC(=O)Cn1c2ccccc2c2cc(N3C(N)=NC(N)=NC34CCCCC4)ccc21. The summed E-state index contributed by atoms with van der Waals surface area (Å²) in [6, 6.07) is 14.3. The van der Waals surface area contributed by atoms with E-state index in [1.54, 1.807) is 0 Å². The summed E-state index contributed by atoms with van der Waals surface area (Å²) in [6.45, 7) is 5.77. The fourth-order valence-electron chi connectivity index (χ4n) is 5.35. The van der Waals surface area contributed by atoms with Crippen LogP contribution in [0.25, 0.3) is 21.8 Å². The quantitative estimate of drug-likeness (QED) is 0.568. The molecule has 2 aliphatic rings. The van der Waals surface area contributed by atoms with E-state index >= 15 is 0 Å². The number of nitrogens with two attached hydrogens (primary N) is 2. The number of benzene rings is 2. The third-order valence-electron chi connectivity index (χ3n) is 6.57. The Morgan fingerprint density at radius 3 is 2.47 bits per heavy atom. The normalized spacial score (nSPS) is 18.3. The van der Waals surface area contributed by atoms with E-state index in [1.807, 2.05) is 60.6 Å². The van der Waals surface area contributed by atoms with Gasteiger partial charge >= 0.3 is 5.97 Å². The van der Waals surface area contributed by atoms with Crippen molar-refractivity contribution in [2.75, 3.05) is 4.90 Å². The van der Waals surface area contributed by atoms with Crippen molar-refractivity contribution in [2.45, 2.75) is 70.7 Å². The second kappa shape index (κ2) is 8.04. The fraction of sp³-hybridized carbons (Fsp3) is 0.423. The second-order valence-corrected chi connectivity index (χ2v) is 10.2. The molecular formula is C26H32N6O2. The first-order valence-electron chi connectivity index (χ1n) is 11.9. The Morgan fingerprint density at radius 2 is 1.74 bits per heavy atom. The van der Waals surface area contributed by atoms with Crippen LogP contribution >= 0.6 is 0 Å². The molecule has 0 saturated heterocycles. The molecule has 1 aromatic heterocycles. The number of fused-ring (bicyclic) bond motifs is 3. The number of carbonyl (C=O) groups is 1. The van der Waals surface area contributed by atoms with Crippen LogP contribution in [0.5, 0.6) is 0 Å². The van der Waals surface area contributed by atoms with Crippen LogP contribution in [0.4, 0.5) is 5.69 Å². The van der Waals surface area contributed by atoms with Gasteiger partial charge < -0.3 is 20.8 Å². The summed E-state index contributed by atoms with van der Waals surface area (Å²) in [5, 5.41) is 2.11. The number of guanidine groups is 2. The van der Waals surface area contributed by atoms with Gasteiger partial charge in [-0.1, -0.05) is 24.6 Å². The molecule has 1 spiro atoms. The molecule has 178 valence electrons. The van der Waals surface area contributed by atoms with Crippen molar-refractivity contribution < 1.29 is 9.53 Å². The highest BCUT2D eigenvalue weighted by molar-refractivity contribution is 6.12. The van der Waals surface area contributed by atoms with Crippen molar-refractivity contribution in [3.8, 4) is 0 Å². The zero-order valence-corrected chi connectivity index (χ0v) is 20.0. The molecule has 1 aliphatic heterocycles. The maximum atomic E-state index is 12.7. The molecule has 0 bridgehead atoms. The average molecular weight is 461 g/mol. The molecule has 0 radical (unpaired) electrons. The zero-order chi connectivity index (χ0) is 24.1. The molecule has 1 fully saturated rings. The van der Waals surface area contributed by atoms with Crippen LogP contribution in [0.15, 0.2) is 52.4 Å². The number of aromatic nitrogens is 1. The third kappa shape index (κ3) is 3.87. The number of rotatable bonds is 3. The number of para-hydroxylation sites is 1. The van der Waals surface area contributed by atoms with Gasteiger partial charge in [0.25, 0.3) is 0 Å². The van der Waals surface area contributed by atoms with Crippen LogP contribution in [-0.2, 0) is 16.1 Å². The molecule has 0 unspecified atom stereocenters. The topological polar surface area (TPSA) is 111 Å². The monoisotopic (exact) mass is 460 g/mol. The summed E-state index contributed by atoms with van der Waals surface area (Å²) in [7, 11) is 0. The summed E-state index contributed by atoms with van der Waals surface area (Å²) in [5.74, 6) is 0.342. The minimum atomic E-state index is -0.537. The van der Waals surface area contributed by atoms with Crippen LogP contribution in [0.1, 0.15) is 52.9 Å². The molecule has 8 nitrogen and oxygen atoms in total. The smallest absolute Gasteiger partial charge is 0.326 e. The van der Waals surface area contributed by atoms with Crippen LogP contribution in [0.3, 0.4) is 0 Å². The van der Waals surface area contributed by atoms with Crippen molar-refractivity contribution in [3.05, 3.63) is 42.5 Å². The highest BCUT2D eigenvalue weighted by Crippen LogP contribution is 2.41. The van der Waals surface area contributed by atoms with Gasteiger partial charge in [-0.05, 0) is 70.7 Å². The van der Waals surface area contributed by atoms with E-state index < -0.39 is 11.3 Å². The minimum absolute atomic E-state index is 0.138. The van der Waals surface area contributed by atoms with Gasteiger partial charge in [0.05, 0.1) is 0 Å². The van der Waals surface area contributed by atoms with Crippen molar-refractivity contribution in [3.63, 3.8) is 0 Å². The van der Waals surface area contributed by atoms with Crippen molar-refractivity contribution in [1.82, 2.24) is 4.57 Å². The number of aliphatic imine (C=N–C) groups is 2. The molecule has 0 atom stereocenters. The Hall–Kier alpha value is -3.55. The molecule has 5 rings (SSSR count). The molecule has 3 aromatic rings. The lowest BCUT2D eigenvalue weighted by Crippen LogP contribution is -2.58. The highest BCUT2D eigenvalue weighted by atomic mass is 16.6. The summed E-state index contributed by atoms with van der Waals surface area (Å²) in [5.41, 5.74) is 14.3. The molecule has 1 saturated carbocycles. The van der Waals surface area contributed by atoms with Gasteiger partial charge in [0.1, 0.15) is 17.8 Å². The van der Waals surface area contributed by atoms with E-state index in [4.69, 9.17) is 21.2 Å². The number of nitrogens with zero attached hydrogens (tertiary/aromatic N) is 4. The average Bonchev–Trinajstić information content (AvgIpc) is 3.06. The molecule has 0 amide bonds. The van der Waals surface area contributed by atoms with E-state index in [0.29, 0.717) is 5.96 Å². The molecular weight excluding hydrogens is 428 g/mol. The first-order chi connectivity index (χ1) is 16.2. The first kappa shape index (κ1) is 22.3. The van der Waals surface area contributed by atoms with Crippen LogP contribution in [0, 0.1) is 0 Å². The number of hydrogen-bond acceptors (Lipinski definition) is 7. The van der Waals surface area contributed by atoms with Crippen molar-refractivity contribution >= 4 is 45.4 Å². The zero-order valence-electron chi connectivity index (χ0n) is 20.0. The van der Waals surface area contributed by atoms with E-state index in [2.05, 4.69) is 17.1 Å². The number of ether oxygens (including phenoxy) is 1. The largest absolute Gasteiger partial charge is 0.459 e. The predicted octanol–water partition coefficient (Wildman–Crippen LogP) is 4.25. The van der Waals surface area contributed by atoms with Crippen LogP contribution < -0.4 is 16.4 Å². The van der Waals surface area contributed by atoms with Gasteiger partial charge in [-0.25, -0.2) is 4.99 Å². The van der Waals surface area contributed by atoms with Gasteiger partial charge in [-0.3, -0.25) is 9.69 Å². The highest BCUT2D eigenvalue weighted by Gasteiger charge is 2.42. The Labute approximate surface area is 199 Å². The maximum Gasteiger partial charge on any atom is 0.326 e. The number of hydrogen-bond donors (Lipinski definition) is 2. The standard InChI is InChI=1S/C26H32N6O2/c1-25(2,3)34-22(33)16-31-20-10-6-5-9-18(20)19-15-17(11-12-21(19)31)32-24(28)29-23(27)30-26(32)13-7-4-8-14-26/h5-6,9-12,15H,4,7-8,13-14,16H2,1-3H3,(H4,27,28,29,30). The Balaban J connectivity index is 1.62. The number of esters is 1. The summed E-state index contributed by atoms with van der Waals surface area (Å²) < 4.78 is 7.62. The van der Waals surface area contributed by atoms with Crippen molar-refractivity contribution in [2.24, 2.45) is 21.5 Å². The Bertz CT molecular complexity index is 1320. The third-order valence-corrected chi connectivity index (χ3v) is 6.57. The Kier molecular flexibility index (Phi) is 5.26. The predicted molar refractivity (Wildman–Crippen MR) is 137 cm³/mol. The van der Waals surface area contributed by atoms with Gasteiger partial charge in [0.2, 0.25) is 11.9 Å². The minimum Gasteiger partial charge on any atom is -0.459 e. The van der Waals surface area contributed by atoms with Gasteiger partial charge in [-0.2, -0.15) is 4.99 Å².